The summed E-state index contributed by atoms with van der Waals surface area (Å²) in [7, 11) is 8.69. The number of allylic oxidation sites excluding steroid dienone is 1. The molecule has 4 rings (SSSR count). The number of rotatable bonds is 7. The van der Waals surface area contributed by atoms with Crippen molar-refractivity contribution in [1.82, 2.24) is 9.80 Å². The average Bonchev–Trinajstić information content (AvgIpc) is 2.82. The van der Waals surface area contributed by atoms with E-state index in [1.807, 2.05) is 37.0 Å². The molecule has 0 aromatic heterocycles. The van der Waals surface area contributed by atoms with Crippen LogP contribution in [0.25, 0.3) is 0 Å². The van der Waals surface area contributed by atoms with Crippen molar-refractivity contribution in [2.24, 2.45) is 17.6 Å². The van der Waals surface area contributed by atoms with Crippen molar-refractivity contribution in [3.8, 4) is 5.75 Å². The van der Waals surface area contributed by atoms with Crippen LogP contribution in [0.1, 0.15) is 27.9 Å². The summed E-state index contributed by atoms with van der Waals surface area (Å²) in [6.45, 7) is 4.58. The number of carbonyl (C=O) groups excluding carboxylic acids is 3. The molecule has 39 heavy (non-hydrogen) atoms. The van der Waals surface area contributed by atoms with Gasteiger partial charge in [0.05, 0.1) is 11.6 Å². The van der Waals surface area contributed by atoms with E-state index in [1.54, 1.807) is 20.2 Å². The number of Topliss-reactive ketones (excluding diaryl/α,β-unsaturated/α-hetero) is 2. The van der Waals surface area contributed by atoms with Crippen LogP contribution in [0.3, 0.4) is 0 Å². The summed E-state index contributed by atoms with van der Waals surface area (Å²) in [4.78, 5) is 44.9. The monoisotopic (exact) mass is 540 g/mol. The lowest BCUT2D eigenvalue weighted by Gasteiger charge is -2.50. The van der Waals surface area contributed by atoms with Gasteiger partial charge in [0, 0.05) is 49.9 Å². The van der Waals surface area contributed by atoms with Crippen molar-refractivity contribution >= 4 is 23.2 Å². The number of benzene rings is 1. The number of likely N-dealkylation sites (N-methyl/N-ethyl adjacent to an activating group) is 2. The van der Waals surface area contributed by atoms with E-state index in [2.05, 4.69) is 6.58 Å². The van der Waals surface area contributed by atoms with E-state index in [1.165, 1.54) is 4.90 Å². The average molecular weight is 541 g/mol. The van der Waals surface area contributed by atoms with Crippen molar-refractivity contribution in [2.45, 2.75) is 31.0 Å². The molecule has 0 spiro atoms. The van der Waals surface area contributed by atoms with E-state index in [9.17, 15) is 34.8 Å². The number of primary amides is 1. The second-order valence-corrected chi connectivity index (χ2v) is 11.1. The summed E-state index contributed by atoms with van der Waals surface area (Å²) in [5, 5.41) is 45.4. The predicted octanol–water partition coefficient (Wildman–Crippen LogP) is 0.804. The van der Waals surface area contributed by atoms with E-state index in [4.69, 9.17) is 5.73 Å². The number of aromatic hydroxyl groups is 1. The molecule has 11 heteroatoms. The van der Waals surface area contributed by atoms with Crippen molar-refractivity contribution in [3.05, 3.63) is 58.1 Å². The number of hydrogen-bond acceptors (Lipinski definition) is 10. The highest BCUT2D eigenvalue weighted by Crippen LogP contribution is 2.53. The van der Waals surface area contributed by atoms with Gasteiger partial charge in [0.1, 0.15) is 22.8 Å². The van der Waals surface area contributed by atoms with Gasteiger partial charge >= 0.3 is 0 Å². The number of phenolic OH excluding ortho intramolecular Hbond substituents is 1. The molecule has 0 bridgehead atoms. The number of hydrogen-bond donors (Lipinski definition) is 5. The highest BCUT2D eigenvalue weighted by atomic mass is 16.3. The summed E-state index contributed by atoms with van der Waals surface area (Å²) in [5.74, 6) is -6.59. The maximum absolute atomic E-state index is 14.0. The molecule has 0 saturated heterocycles. The minimum absolute atomic E-state index is 0.00369. The van der Waals surface area contributed by atoms with Crippen LogP contribution in [0, 0.1) is 11.8 Å². The van der Waals surface area contributed by atoms with Crippen molar-refractivity contribution in [2.75, 3.05) is 46.7 Å². The maximum Gasteiger partial charge on any atom is 0.255 e. The Morgan fingerprint density at radius 1 is 1.18 bits per heavy atom. The smallest absolute Gasteiger partial charge is 0.255 e. The molecule has 3 aliphatic carbocycles. The van der Waals surface area contributed by atoms with Crippen molar-refractivity contribution in [1.29, 1.82) is 0 Å². The van der Waals surface area contributed by atoms with Gasteiger partial charge in [-0.25, -0.2) is 0 Å². The topological polar surface area (TPSA) is 168 Å². The highest BCUT2D eigenvalue weighted by molar-refractivity contribution is 6.24. The molecular weight excluding hydrogens is 504 g/mol. The van der Waals surface area contributed by atoms with Gasteiger partial charge < -0.3 is 31.1 Å². The Bertz CT molecular complexity index is 1350. The van der Waals surface area contributed by atoms with E-state index >= 15 is 0 Å². The predicted molar refractivity (Wildman–Crippen MR) is 145 cm³/mol. The SMILES string of the molecule is C=CCN(C)Cc1cc(N(C)C)c2c(c1O)C(=O)C1=C(O)[C@]3(O)C(=O)C(C(N)=O)=C(O)[C@@H](N(C)C)[C@@H]3C[C@H]1C2. The first-order valence-corrected chi connectivity index (χ1v) is 12.7. The van der Waals surface area contributed by atoms with Crippen LogP contribution < -0.4 is 10.6 Å². The molecule has 4 atom stereocenters. The number of carbonyl (C=O) groups is 3. The zero-order chi connectivity index (χ0) is 29.1. The number of anilines is 1. The van der Waals surface area contributed by atoms with Crippen LogP contribution in [-0.2, 0) is 22.6 Å². The lowest BCUT2D eigenvalue weighted by molar-refractivity contribution is -0.148. The molecular formula is C28H36N4O7. The third kappa shape index (κ3) is 4.12. The van der Waals surface area contributed by atoms with Gasteiger partial charge in [0.2, 0.25) is 5.78 Å². The number of aliphatic hydroxyl groups excluding tert-OH is 2. The molecule has 0 saturated carbocycles. The summed E-state index contributed by atoms with van der Waals surface area (Å²) in [5.41, 5.74) is 3.53. The van der Waals surface area contributed by atoms with Gasteiger partial charge in [-0.05, 0) is 51.5 Å². The number of aliphatic hydroxyl groups is 3. The fourth-order valence-corrected chi connectivity index (χ4v) is 6.45. The number of fused-ring (bicyclic) bond motifs is 3. The minimum Gasteiger partial charge on any atom is -0.510 e. The number of phenols is 1. The molecule has 1 aromatic carbocycles. The lowest BCUT2D eigenvalue weighted by atomic mass is 9.58. The molecule has 0 heterocycles. The van der Waals surface area contributed by atoms with Gasteiger partial charge in [0.15, 0.2) is 11.4 Å². The molecule has 0 unspecified atom stereocenters. The van der Waals surface area contributed by atoms with Gasteiger partial charge in [0.25, 0.3) is 5.91 Å². The normalized spacial score (nSPS) is 26.5. The van der Waals surface area contributed by atoms with E-state index in [0.29, 0.717) is 24.2 Å². The fourth-order valence-electron chi connectivity index (χ4n) is 6.45. The molecule has 1 aromatic rings. The Labute approximate surface area is 227 Å². The Kier molecular flexibility index (Phi) is 7.13. The van der Waals surface area contributed by atoms with Crippen LogP contribution in [0.15, 0.2) is 41.4 Å². The number of nitrogens with two attached hydrogens (primary N) is 1. The first-order valence-electron chi connectivity index (χ1n) is 12.7. The highest BCUT2D eigenvalue weighted by Gasteiger charge is 2.63. The van der Waals surface area contributed by atoms with E-state index in [0.717, 1.165) is 5.69 Å². The fraction of sp³-hybridized carbons (Fsp3) is 0.464. The van der Waals surface area contributed by atoms with Crippen molar-refractivity contribution < 1.29 is 34.8 Å². The minimum atomic E-state index is -2.66. The number of ketones is 2. The van der Waals surface area contributed by atoms with Gasteiger partial charge in [-0.1, -0.05) is 6.08 Å². The summed E-state index contributed by atoms with van der Waals surface area (Å²) >= 11 is 0. The molecule has 3 aliphatic rings. The summed E-state index contributed by atoms with van der Waals surface area (Å²) in [6, 6.07) is 0.801. The number of nitrogens with zero attached hydrogens (tertiary/aromatic N) is 3. The van der Waals surface area contributed by atoms with Crippen molar-refractivity contribution in [3.63, 3.8) is 0 Å². The molecule has 11 nitrogen and oxygen atoms in total. The summed E-state index contributed by atoms with van der Waals surface area (Å²) < 4.78 is 0. The third-order valence-electron chi connectivity index (χ3n) is 8.14. The molecule has 0 radical (unpaired) electrons. The Morgan fingerprint density at radius 2 is 1.82 bits per heavy atom. The van der Waals surface area contributed by atoms with E-state index < -0.39 is 58.0 Å². The van der Waals surface area contributed by atoms with Crippen LogP contribution in [-0.4, -0.2) is 101 Å². The zero-order valence-electron chi connectivity index (χ0n) is 22.9. The molecule has 0 fully saturated rings. The second kappa shape index (κ2) is 9.82. The number of amides is 1. The summed E-state index contributed by atoms with van der Waals surface area (Å²) in [6.07, 6.45) is 2.00. The van der Waals surface area contributed by atoms with Gasteiger partial charge in [-0.15, -0.1) is 6.58 Å². The second-order valence-electron chi connectivity index (χ2n) is 11.1. The van der Waals surface area contributed by atoms with Crippen LogP contribution in [0.4, 0.5) is 5.69 Å². The third-order valence-corrected chi connectivity index (χ3v) is 8.14. The molecule has 6 N–H and O–H groups in total. The molecule has 1 amide bonds. The quantitative estimate of drug-likeness (QED) is 0.246. The maximum atomic E-state index is 14.0. The van der Waals surface area contributed by atoms with Crippen LogP contribution in [0.2, 0.25) is 0 Å². The Balaban J connectivity index is 1.95. The van der Waals surface area contributed by atoms with Gasteiger partial charge in [-0.3, -0.25) is 24.2 Å². The zero-order valence-corrected chi connectivity index (χ0v) is 22.9. The first kappa shape index (κ1) is 28.3. The molecule has 210 valence electrons. The first-order chi connectivity index (χ1) is 18.2. The Hall–Kier alpha value is -3.67. The standard InChI is InChI=1S/C28H36N4O7/c1-7-8-32(6)12-14-11-17(30(2)3)15-9-13-10-16-21(31(4)5)24(35)20(27(29)38)26(37)28(16,39)25(36)18(13)23(34)19(15)22(14)33/h7,11,13,16,21,33,35-36,39H,1,8-10,12H2,2-6H3,(H2,29,38)/t13-,16+,21+,28+/m1/s1. The van der Waals surface area contributed by atoms with Crippen LogP contribution >= 0.6 is 0 Å². The Morgan fingerprint density at radius 3 is 2.36 bits per heavy atom. The molecule has 0 aliphatic heterocycles. The van der Waals surface area contributed by atoms with Crippen LogP contribution in [0.5, 0.6) is 5.75 Å². The van der Waals surface area contributed by atoms with E-state index in [-0.39, 0.29) is 29.7 Å². The largest absolute Gasteiger partial charge is 0.510 e. The van der Waals surface area contributed by atoms with Gasteiger partial charge in [-0.2, -0.15) is 0 Å². The lowest BCUT2D eigenvalue weighted by Crippen LogP contribution is -2.63.